The van der Waals surface area contributed by atoms with Crippen LogP contribution in [0.2, 0.25) is 0 Å². The van der Waals surface area contributed by atoms with Gasteiger partial charge in [0.05, 0.1) is 12.2 Å². The standard InChI is InChI=1S/C14H19FN2O2/c1-10-2-3-13(12(15)8-10)16-9-14(18)17-11-4-6-19-7-5-11/h2-3,8,11,16H,4-7,9H2,1H3,(H,17,18). The minimum atomic E-state index is -0.334. The van der Waals surface area contributed by atoms with Crippen LogP contribution in [0.15, 0.2) is 18.2 Å². The summed E-state index contributed by atoms with van der Waals surface area (Å²) in [4.78, 5) is 11.7. The molecule has 1 aromatic rings. The number of halogens is 1. The molecule has 1 aliphatic heterocycles. The van der Waals surface area contributed by atoms with Gasteiger partial charge in [-0.2, -0.15) is 0 Å². The fraction of sp³-hybridized carbons (Fsp3) is 0.500. The molecule has 4 nitrogen and oxygen atoms in total. The number of amides is 1. The Morgan fingerprint density at radius 1 is 1.42 bits per heavy atom. The number of nitrogens with one attached hydrogen (secondary N) is 2. The largest absolute Gasteiger partial charge is 0.381 e. The van der Waals surface area contributed by atoms with Crippen molar-refractivity contribution in [2.75, 3.05) is 25.1 Å². The van der Waals surface area contributed by atoms with E-state index in [4.69, 9.17) is 4.74 Å². The molecule has 0 aliphatic carbocycles. The second-order valence-electron chi connectivity index (χ2n) is 4.79. The number of carbonyl (C=O) groups excluding carboxylic acids is 1. The van der Waals surface area contributed by atoms with Crippen LogP contribution in [0.5, 0.6) is 0 Å². The van der Waals surface area contributed by atoms with Crippen LogP contribution in [-0.4, -0.2) is 31.7 Å². The van der Waals surface area contributed by atoms with Crippen molar-refractivity contribution in [3.05, 3.63) is 29.6 Å². The lowest BCUT2D eigenvalue weighted by molar-refractivity contribution is -0.120. The molecular formula is C14H19FN2O2. The fourth-order valence-corrected chi connectivity index (χ4v) is 2.06. The predicted molar refractivity (Wildman–Crippen MR) is 71.6 cm³/mol. The zero-order valence-corrected chi connectivity index (χ0v) is 11.0. The van der Waals surface area contributed by atoms with E-state index in [1.165, 1.54) is 6.07 Å². The van der Waals surface area contributed by atoms with Gasteiger partial charge in [-0.1, -0.05) is 6.07 Å². The molecule has 1 aromatic carbocycles. The predicted octanol–water partition coefficient (Wildman–Crippen LogP) is 1.84. The smallest absolute Gasteiger partial charge is 0.239 e. The number of hydrogen-bond donors (Lipinski definition) is 2. The number of hydrogen-bond acceptors (Lipinski definition) is 3. The molecule has 1 amide bonds. The summed E-state index contributed by atoms with van der Waals surface area (Å²) in [6.07, 6.45) is 1.68. The Hall–Kier alpha value is -1.62. The minimum absolute atomic E-state index is 0.0807. The summed E-state index contributed by atoms with van der Waals surface area (Å²) in [7, 11) is 0. The molecule has 0 unspecified atom stereocenters. The molecule has 104 valence electrons. The zero-order valence-electron chi connectivity index (χ0n) is 11.0. The highest BCUT2D eigenvalue weighted by Gasteiger charge is 2.15. The van der Waals surface area contributed by atoms with E-state index in [2.05, 4.69) is 10.6 Å². The summed E-state index contributed by atoms with van der Waals surface area (Å²) >= 11 is 0. The highest BCUT2D eigenvalue weighted by molar-refractivity contribution is 5.81. The minimum Gasteiger partial charge on any atom is -0.381 e. The molecule has 0 aromatic heterocycles. The maximum atomic E-state index is 13.5. The van der Waals surface area contributed by atoms with E-state index >= 15 is 0 Å². The summed E-state index contributed by atoms with van der Waals surface area (Å²) in [5.74, 6) is -0.453. The number of aryl methyl sites for hydroxylation is 1. The van der Waals surface area contributed by atoms with Crippen molar-refractivity contribution < 1.29 is 13.9 Å². The molecule has 0 saturated carbocycles. The SMILES string of the molecule is Cc1ccc(NCC(=O)NC2CCOCC2)c(F)c1. The van der Waals surface area contributed by atoms with Gasteiger partial charge >= 0.3 is 0 Å². The molecule has 19 heavy (non-hydrogen) atoms. The first kappa shape index (κ1) is 13.8. The maximum absolute atomic E-state index is 13.5. The second-order valence-corrected chi connectivity index (χ2v) is 4.79. The summed E-state index contributed by atoms with van der Waals surface area (Å²) in [5.41, 5.74) is 1.21. The summed E-state index contributed by atoms with van der Waals surface area (Å²) in [6, 6.07) is 5.07. The highest BCUT2D eigenvalue weighted by atomic mass is 19.1. The quantitative estimate of drug-likeness (QED) is 0.874. The van der Waals surface area contributed by atoms with Gasteiger partial charge in [-0.3, -0.25) is 4.79 Å². The molecule has 1 aliphatic rings. The van der Waals surface area contributed by atoms with Gasteiger partial charge in [0.2, 0.25) is 5.91 Å². The second kappa shape index (κ2) is 6.52. The lowest BCUT2D eigenvalue weighted by Crippen LogP contribution is -2.41. The van der Waals surface area contributed by atoms with Crippen molar-refractivity contribution >= 4 is 11.6 Å². The Morgan fingerprint density at radius 3 is 2.84 bits per heavy atom. The zero-order chi connectivity index (χ0) is 13.7. The molecule has 0 atom stereocenters. The maximum Gasteiger partial charge on any atom is 0.239 e. The monoisotopic (exact) mass is 266 g/mol. The summed E-state index contributed by atoms with van der Waals surface area (Å²) < 4.78 is 18.8. The lowest BCUT2D eigenvalue weighted by atomic mass is 10.1. The van der Waals surface area contributed by atoms with Gasteiger partial charge < -0.3 is 15.4 Å². The van der Waals surface area contributed by atoms with Crippen molar-refractivity contribution in [3.8, 4) is 0 Å². The van der Waals surface area contributed by atoms with E-state index in [9.17, 15) is 9.18 Å². The van der Waals surface area contributed by atoms with Crippen molar-refractivity contribution in [2.24, 2.45) is 0 Å². The van der Waals surface area contributed by atoms with Crippen LogP contribution in [0, 0.1) is 12.7 Å². The Kier molecular flexibility index (Phi) is 4.74. The first-order valence-electron chi connectivity index (χ1n) is 6.52. The van der Waals surface area contributed by atoms with Crippen LogP contribution >= 0.6 is 0 Å². The average Bonchev–Trinajstić information content (AvgIpc) is 2.39. The van der Waals surface area contributed by atoms with Gasteiger partial charge in [0.25, 0.3) is 0 Å². The van der Waals surface area contributed by atoms with Crippen molar-refractivity contribution in [1.82, 2.24) is 5.32 Å². The number of ether oxygens (including phenoxy) is 1. The molecular weight excluding hydrogens is 247 g/mol. The third-order valence-electron chi connectivity index (χ3n) is 3.15. The Labute approximate surface area is 112 Å². The van der Waals surface area contributed by atoms with Crippen molar-refractivity contribution in [3.63, 3.8) is 0 Å². The first-order chi connectivity index (χ1) is 9.15. The van der Waals surface area contributed by atoms with Crippen molar-refractivity contribution in [2.45, 2.75) is 25.8 Å². The van der Waals surface area contributed by atoms with Gasteiger partial charge in [0, 0.05) is 19.3 Å². The van der Waals surface area contributed by atoms with Crippen LogP contribution in [-0.2, 0) is 9.53 Å². The number of anilines is 1. The van der Waals surface area contributed by atoms with Gasteiger partial charge in [-0.15, -0.1) is 0 Å². The van der Waals surface area contributed by atoms with Gasteiger partial charge in [0.1, 0.15) is 5.82 Å². The van der Waals surface area contributed by atoms with E-state index in [-0.39, 0.29) is 24.3 Å². The van der Waals surface area contributed by atoms with E-state index < -0.39 is 0 Å². The summed E-state index contributed by atoms with van der Waals surface area (Å²) in [6.45, 7) is 3.28. The van der Waals surface area contributed by atoms with Crippen molar-refractivity contribution in [1.29, 1.82) is 0 Å². The van der Waals surface area contributed by atoms with E-state index in [1.807, 2.05) is 13.0 Å². The molecule has 1 fully saturated rings. The fourth-order valence-electron chi connectivity index (χ4n) is 2.06. The number of rotatable bonds is 4. The Balaban J connectivity index is 1.79. The topological polar surface area (TPSA) is 50.4 Å². The Morgan fingerprint density at radius 2 is 2.16 bits per heavy atom. The normalized spacial score (nSPS) is 16.1. The molecule has 1 heterocycles. The molecule has 0 bridgehead atoms. The molecule has 5 heteroatoms. The third kappa shape index (κ3) is 4.21. The molecule has 0 radical (unpaired) electrons. The molecule has 1 saturated heterocycles. The molecule has 0 spiro atoms. The molecule has 2 N–H and O–H groups in total. The van der Waals surface area contributed by atoms with E-state index in [1.54, 1.807) is 6.07 Å². The average molecular weight is 266 g/mol. The molecule has 2 rings (SSSR count). The van der Waals surface area contributed by atoms with Crippen LogP contribution in [0.25, 0.3) is 0 Å². The van der Waals surface area contributed by atoms with E-state index in [0.29, 0.717) is 18.9 Å². The van der Waals surface area contributed by atoms with E-state index in [0.717, 1.165) is 18.4 Å². The lowest BCUT2D eigenvalue weighted by Gasteiger charge is -2.23. The van der Waals surface area contributed by atoms with Crippen LogP contribution < -0.4 is 10.6 Å². The van der Waals surface area contributed by atoms with Gasteiger partial charge in [0.15, 0.2) is 0 Å². The highest BCUT2D eigenvalue weighted by Crippen LogP contribution is 2.14. The number of carbonyl (C=O) groups is 1. The third-order valence-corrected chi connectivity index (χ3v) is 3.15. The van der Waals surface area contributed by atoms with Gasteiger partial charge in [-0.05, 0) is 37.5 Å². The van der Waals surface area contributed by atoms with Crippen LogP contribution in [0.1, 0.15) is 18.4 Å². The summed E-state index contributed by atoms with van der Waals surface area (Å²) in [5, 5.41) is 5.73. The van der Waals surface area contributed by atoms with Crippen LogP contribution in [0.3, 0.4) is 0 Å². The first-order valence-corrected chi connectivity index (χ1v) is 6.52. The van der Waals surface area contributed by atoms with Gasteiger partial charge in [-0.25, -0.2) is 4.39 Å². The number of benzene rings is 1. The van der Waals surface area contributed by atoms with Crippen LogP contribution in [0.4, 0.5) is 10.1 Å². The Bertz CT molecular complexity index is 445.